The average molecular weight is 403 g/mol. The van der Waals surface area contributed by atoms with E-state index in [9.17, 15) is 23.2 Å². The highest BCUT2D eigenvalue weighted by atomic mass is 19.4. The molecule has 0 aliphatic carbocycles. The van der Waals surface area contributed by atoms with Crippen LogP contribution in [0.25, 0.3) is 0 Å². The van der Waals surface area contributed by atoms with Crippen molar-refractivity contribution in [3.05, 3.63) is 65.2 Å². The van der Waals surface area contributed by atoms with Gasteiger partial charge in [0.25, 0.3) is 5.91 Å². The lowest BCUT2D eigenvalue weighted by molar-refractivity contribution is -0.274. The van der Waals surface area contributed by atoms with Gasteiger partial charge in [0.05, 0.1) is 30.9 Å². The fourth-order valence-corrected chi connectivity index (χ4v) is 2.28. The third-order valence-electron chi connectivity index (χ3n) is 3.73. The van der Waals surface area contributed by atoms with E-state index in [1.165, 1.54) is 6.92 Å². The number of ether oxygens (including phenoxy) is 2. The summed E-state index contributed by atoms with van der Waals surface area (Å²) in [6.45, 7) is 1.51. The average Bonchev–Trinajstić information content (AvgIpc) is 2.68. The Hall–Kier alpha value is -3.56. The SMILES string of the molecule is CC(C#N)(COCc1ccc(C#N)cc1)NC(=O)c1ccc(OC(F)(F)F)cc1. The maximum atomic E-state index is 12.3. The summed E-state index contributed by atoms with van der Waals surface area (Å²) in [6, 6.07) is 15.0. The van der Waals surface area contributed by atoms with Gasteiger partial charge in [-0.15, -0.1) is 13.2 Å². The smallest absolute Gasteiger partial charge is 0.406 e. The fourth-order valence-electron chi connectivity index (χ4n) is 2.28. The van der Waals surface area contributed by atoms with Gasteiger partial charge in [-0.1, -0.05) is 12.1 Å². The molecule has 0 aliphatic heterocycles. The summed E-state index contributed by atoms with van der Waals surface area (Å²) in [7, 11) is 0. The first-order valence-electron chi connectivity index (χ1n) is 8.30. The Morgan fingerprint density at radius 1 is 1.07 bits per heavy atom. The Morgan fingerprint density at radius 2 is 1.69 bits per heavy atom. The monoisotopic (exact) mass is 403 g/mol. The van der Waals surface area contributed by atoms with Crippen molar-refractivity contribution >= 4 is 5.91 Å². The van der Waals surface area contributed by atoms with E-state index >= 15 is 0 Å². The molecular weight excluding hydrogens is 387 g/mol. The Balaban J connectivity index is 1.93. The number of rotatable bonds is 7. The van der Waals surface area contributed by atoms with Crippen molar-refractivity contribution in [3.8, 4) is 17.9 Å². The van der Waals surface area contributed by atoms with Gasteiger partial charge in [-0.05, 0) is 48.9 Å². The van der Waals surface area contributed by atoms with Crippen molar-refractivity contribution in [2.45, 2.75) is 25.4 Å². The lowest BCUT2D eigenvalue weighted by Crippen LogP contribution is -2.48. The summed E-state index contributed by atoms with van der Waals surface area (Å²) in [5, 5.41) is 20.7. The number of carbonyl (C=O) groups is 1. The van der Waals surface area contributed by atoms with Gasteiger partial charge in [-0.2, -0.15) is 10.5 Å². The maximum absolute atomic E-state index is 12.3. The number of hydrogen-bond acceptors (Lipinski definition) is 5. The third kappa shape index (κ3) is 6.83. The molecule has 2 aromatic carbocycles. The van der Waals surface area contributed by atoms with Crippen molar-refractivity contribution in [1.82, 2.24) is 5.32 Å². The molecule has 2 rings (SSSR count). The van der Waals surface area contributed by atoms with Crippen LogP contribution in [0, 0.1) is 22.7 Å². The number of carbonyl (C=O) groups excluding carboxylic acids is 1. The van der Waals surface area contributed by atoms with E-state index < -0.39 is 23.6 Å². The lowest BCUT2D eigenvalue weighted by atomic mass is 10.0. The Kier molecular flexibility index (Phi) is 6.81. The number of amides is 1. The van der Waals surface area contributed by atoms with E-state index in [0.29, 0.717) is 5.56 Å². The zero-order valence-corrected chi connectivity index (χ0v) is 15.3. The molecule has 0 fully saturated rings. The van der Waals surface area contributed by atoms with Gasteiger partial charge in [0.2, 0.25) is 0 Å². The van der Waals surface area contributed by atoms with Gasteiger partial charge in [-0.3, -0.25) is 4.79 Å². The second-order valence-electron chi connectivity index (χ2n) is 6.27. The van der Waals surface area contributed by atoms with Gasteiger partial charge in [0, 0.05) is 5.56 Å². The van der Waals surface area contributed by atoms with E-state index in [0.717, 1.165) is 29.8 Å². The zero-order valence-electron chi connectivity index (χ0n) is 15.3. The predicted octanol–water partition coefficient (Wildman–Crippen LogP) is 3.69. The molecule has 0 heterocycles. The number of nitrogens with one attached hydrogen (secondary N) is 1. The zero-order chi connectivity index (χ0) is 21.5. The van der Waals surface area contributed by atoms with Crippen molar-refractivity contribution in [2.24, 2.45) is 0 Å². The topological polar surface area (TPSA) is 95.1 Å². The minimum Gasteiger partial charge on any atom is -0.406 e. The summed E-state index contributed by atoms with van der Waals surface area (Å²) in [4.78, 5) is 12.3. The number of nitriles is 2. The largest absolute Gasteiger partial charge is 0.573 e. The Labute approximate surface area is 165 Å². The third-order valence-corrected chi connectivity index (χ3v) is 3.73. The number of nitrogens with zero attached hydrogens (tertiary/aromatic N) is 2. The van der Waals surface area contributed by atoms with Crippen LogP contribution >= 0.6 is 0 Å². The maximum Gasteiger partial charge on any atom is 0.573 e. The second kappa shape index (κ2) is 9.09. The van der Waals surface area contributed by atoms with Crippen molar-refractivity contribution in [2.75, 3.05) is 6.61 Å². The first kappa shape index (κ1) is 21.7. The van der Waals surface area contributed by atoms with Crippen LogP contribution < -0.4 is 10.1 Å². The van der Waals surface area contributed by atoms with Crippen molar-refractivity contribution < 1.29 is 27.4 Å². The summed E-state index contributed by atoms with van der Waals surface area (Å²) in [5.74, 6) is -1.10. The van der Waals surface area contributed by atoms with Crippen LogP contribution in [0.5, 0.6) is 5.75 Å². The van der Waals surface area contributed by atoms with Crippen molar-refractivity contribution in [3.63, 3.8) is 0 Å². The van der Waals surface area contributed by atoms with Crippen LogP contribution in [0.2, 0.25) is 0 Å². The predicted molar refractivity (Wildman–Crippen MR) is 95.4 cm³/mol. The van der Waals surface area contributed by atoms with E-state index in [2.05, 4.69) is 10.1 Å². The molecule has 0 saturated heterocycles. The highest BCUT2D eigenvalue weighted by molar-refractivity contribution is 5.95. The molecule has 0 aromatic heterocycles. The number of halogens is 3. The molecule has 2 aromatic rings. The van der Waals surface area contributed by atoms with Crippen LogP contribution in [0.4, 0.5) is 13.2 Å². The van der Waals surface area contributed by atoms with Crippen molar-refractivity contribution in [1.29, 1.82) is 10.5 Å². The second-order valence-corrected chi connectivity index (χ2v) is 6.27. The summed E-state index contributed by atoms with van der Waals surface area (Å²) < 4.78 is 45.8. The quantitative estimate of drug-likeness (QED) is 0.761. The molecule has 6 nitrogen and oxygen atoms in total. The minimum absolute atomic E-state index is 0.0630. The Morgan fingerprint density at radius 3 is 2.21 bits per heavy atom. The van der Waals surface area contributed by atoms with Crippen LogP contribution in [-0.4, -0.2) is 24.4 Å². The molecule has 0 saturated carbocycles. The molecule has 1 atom stereocenters. The number of hydrogen-bond donors (Lipinski definition) is 1. The highest BCUT2D eigenvalue weighted by Crippen LogP contribution is 2.23. The first-order chi connectivity index (χ1) is 13.6. The van der Waals surface area contributed by atoms with E-state index in [-0.39, 0.29) is 18.8 Å². The lowest BCUT2D eigenvalue weighted by Gasteiger charge is -2.23. The molecule has 1 N–H and O–H groups in total. The molecular formula is C20H16F3N3O3. The molecule has 0 radical (unpaired) electrons. The van der Waals surface area contributed by atoms with Gasteiger partial charge in [0.15, 0.2) is 0 Å². The Bertz CT molecular complexity index is 929. The molecule has 1 amide bonds. The fraction of sp³-hybridized carbons (Fsp3) is 0.250. The summed E-state index contributed by atoms with van der Waals surface area (Å²) in [5.41, 5.74) is 0.00338. The summed E-state index contributed by atoms with van der Waals surface area (Å²) >= 11 is 0. The van der Waals surface area contributed by atoms with Gasteiger partial charge >= 0.3 is 6.36 Å². The van der Waals surface area contributed by atoms with Gasteiger partial charge < -0.3 is 14.8 Å². The molecule has 29 heavy (non-hydrogen) atoms. The number of alkyl halides is 3. The molecule has 0 spiro atoms. The van der Waals surface area contributed by atoms with Crippen LogP contribution in [-0.2, 0) is 11.3 Å². The molecule has 0 bridgehead atoms. The molecule has 9 heteroatoms. The standard InChI is InChI=1S/C20H16F3N3O3/c1-19(12-25,13-28-11-15-4-2-14(10-24)3-5-15)26-18(27)16-6-8-17(9-7-16)29-20(21,22)23/h2-9H,11,13H2,1H3,(H,26,27). The van der Waals surface area contributed by atoms with E-state index in [1.54, 1.807) is 24.3 Å². The van der Waals surface area contributed by atoms with E-state index in [4.69, 9.17) is 10.00 Å². The molecule has 150 valence electrons. The van der Waals surface area contributed by atoms with Crippen LogP contribution in [0.15, 0.2) is 48.5 Å². The number of benzene rings is 2. The molecule has 1 unspecified atom stereocenters. The molecule has 0 aliphatic rings. The first-order valence-corrected chi connectivity index (χ1v) is 8.30. The summed E-state index contributed by atoms with van der Waals surface area (Å²) in [6.07, 6.45) is -4.82. The normalized spacial score (nSPS) is 12.9. The van der Waals surface area contributed by atoms with E-state index in [1.807, 2.05) is 12.1 Å². The van der Waals surface area contributed by atoms with Crippen LogP contribution in [0.1, 0.15) is 28.4 Å². The van der Waals surface area contributed by atoms with Gasteiger partial charge in [-0.25, -0.2) is 0 Å². The van der Waals surface area contributed by atoms with Gasteiger partial charge in [0.1, 0.15) is 11.3 Å². The minimum atomic E-state index is -4.82. The van der Waals surface area contributed by atoms with Crippen LogP contribution in [0.3, 0.4) is 0 Å². The highest BCUT2D eigenvalue weighted by Gasteiger charge is 2.31.